The minimum Gasteiger partial charge on any atom is -0.489 e. The highest BCUT2D eigenvalue weighted by Crippen LogP contribution is 2.27. The van der Waals surface area contributed by atoms with Crippen LogP contribution in [0.1, 0.15) is 23.6 Å². The first-order valence-electron chi connectivity index (χ1n) is 9.33. The zero-order chi connectivity index (χ0) is 21.1. The molecule has 0 unspecified atom stereocenters. The first-order valence-corrected chi connectivity index (χ1v) is 9.33. The fourth-order valence-electron chi connectivity index (χ4n) is 2.92. The van der Waals surface area contributed by atoms with E-state index in [-0.39, 0.29) is 0 Å². The molecule has 7 heteroatoms. The number of hydrogen-bond donors (Lipinski definition) is 3. The Labute approximate surface area is 171 Å². The van der Waals surface area contributed by atoms with Crippen LogP contribution in [0.3, 0.4) is 0 Å². The van der Waals surface area contributed by atoms with Crippen molar-refractivity contribution in [3.05, 3.63) is 71.5 Å². The number of amides is 1. The number of nitrogens with two attached hydrogens (primary N) is 1. The molecule has 0 fully saturated rings. The lowest BCUT2D eigenvalue weighted by Gasteiger charge is -2.16. The molecule has 3 aromatic rings. The normalized spacial score (nSPS) is 9.79. The van der Waals surface area contributed by atoms with Gasteiger partial charge in [-0.05, 0) is 54.8 Å². The highest BCUT2D eigenvalue weighted by molar-refractivity contribution is 5.58. The molecule has 0 aliphatic rings. The molecule has 3 rings (SSSR count). The van der Waals surface area contributed by atoms with Crippen molar-refractivity contribution in [3.63, 3.8) is 0 Å². The molecule has 0 radical (unpaired) electrons. The summed E-state index contributed by atoms with van der Waals surface area (Å²) in [5, 5.41) is 3.26. The molecule has 0 aliphatic carbocycles. The molecule has 4 N–H and O–H groups in total. The molecule has 0 atom stereocenters. The van der Waals surface area contributed by atoms with Crippen LogP contribution in [0.5, 0.6) is 5.75 Å². The van der Waals surface area contributed by atoms with Gasteiger partial charge in [0.05, 0.1) is 0 Å². The van der Waals surface area contributed by atoms with Crippen LogP contribution in [0, 0.1) is 6.92 Å². The van der Waals surface area contributed by atoms with Gasteiger partial charge in [0, 0.05) is 36.3 Å². The smallest absolute Gasteiger partial charge is 0.221 e. The monoisotopic (exact) mass is 393 g/mol. The maximum atomic E-state index is 8.94. The van der Waals surface area contributed by atoms with Crippen molar-refractivity contribution in [3.8, 4) is 17.1 Å². The Bertz CT molecular complexity index is 894. The minimum absolute atomic E-state index is 0.403. The number of hydrogen-bond acceptors (Lipinski definition) is 6. The van der Waals surface area contributed by atoms with Crippen LogP contribution in [0.2, 0.25) is 0 Å². The van der Waals surface area contributed by atoms with E-state index in [0.717, 1.165) is 34.8 Å². The van der Waals surface area contributed by atoms with Gasteiger partial charge in [-0.1, -0.05) is 19.1 Å². The second-order valence-electron chi connectivity index (χ2n) is 6.17. The Morgan fingerprint density at radius 3 is 2.45 bits per heavy atom. The van der Waals surface area contributed by atoms with Crippen LogP contribution >= 0.6 is 0 Å². The van der Waals surface area contributed by atoms with Crippen molar-refractivity contribution in [2.75, 3.05) is 12.4 Å². The quantitative estimate of drug-likeness (QED) is 0.246. The lowest BCUT2D eigenvalue weighted by molar-refractivity contribution is -0.109. The van der Waals surface area contributed by atoms with E-state index in [1.807, 2.05) is 32.2 Å². The standard InChI is InChI=1S/C21H23N3O.CH4N2O/c1-4-16-7-5-8-19(22-3)18(16)14-25-20-10-9-17(13-15(20)2)21-23-11-6-12-24-21;2-3-1-4/h5-13,22H,4,14H2,1-3H3;1H,2H2,(H,3,4). The molecule has 0 saturated heterocycles. The van der Waals surface area contributed by atoms with Gasteiger partial charge in [-0.25, -0.2) is 15.8 Å². The molecule has 29 heavy (non-hydrogen) atoms. The fourth-order valence-corrected chi connectivity index (χ4v) is 2.92. The Kier molecular flexibility index (Phi) is 8.59. The van der Waals surface area contributed by atoms with Gasteiger partial charge in [-0.3, -0.25) is 10.2 Å². The van der Waals surface area contributed by atoms with E-state index in [9.17, 15) is 0 Å². The summed E-state index contributed by atoms with van der Waals surface area (Å²) in [5.41, 5.74) is 7.45. The molecule has 0 bridgehead atoms. The van der Waals surface area contributed by atoms with Crippen LogP contribution in [0.25, 0.3) is 11.4 Å². The Balaban J connectivity index is 0.000000687. The Hall–Kier alpha value is -3.45. The van der Waals surface area contributed by atoms with Gasteiger partial charge in [0.1, 0.15) is 12.4 Å². The molecule has 1 aromatic heterocycles. The van der Waals surface area contributed by atoms with Crippen LogP contribution in [0.4, 0.5) is 5.69 Å². The van der Waals surface area contributed by atoms with Crippen molar-refractivity contribution in [2.45, 2.75) is 26.9 Å². The van der Waals surface area contributed by atoms with E-state index in [1.165, 1.54) is 11.1 Å². The molecule has 0 spiro atoms. The summed E-state index contributed by atoms with van der Waals surface area (Å²) in [6, 6.07) is 14.2. The van der Waals surface area contributed by atoms with Crippen molar-refractivity contribution in [1.29, 1.82) is 0 Å². The third kappa shape index (κ3) is 6.02. The molecule has 7 nitrogen and oxygen atoms in total. The van der Waals surface area contributed by atoms with Gasteiger partial charge in [-0.2, -0.15) is 0 Å². The largest absolute Gasteiger partial charge is 0.489 e. The van der Waals surface area contributed by atoms with Crippen LogP contribution in [0.15, 0.2) is 54.9 Å². The van der Waals surface area contributed by atoms with Gasteiger partial charge in [0.15, 0.2) is 5.82 Å². The molecule has 2 aromatic carbocycles. The van der Waals surface area contributed by atoms with E-state index in [1.54, 1.807) is 17.8 Å². The van der Waals surface area contributed by atoms with Crippen molar-refractivity contribution < 1.29 is 9.53 Å². The predicted molar refractivity (Wildman–Crippen MR) is 115 cm³/mol. The van der Waals surface area contributed by atoms with E-state index >= 15 is 0 Å². The second-order valence-corrected chi connectivity index (χ2v) is 6.17. The average Bonchev–Trinajstić information content (AvgIpc) is 2.78. The third-order valence-corrected chi connectivity index (χ3v) is 4.36. The van der Waals surface area contributed by atoms with Gasteiger partial charge < -0.3 is 10.1 Å². The summed E-state index contributed by atoms with van der Waals surface area (Å²) in [7, 11) is 1.94. The molecule has 0 aliphatic heterocycles. The van der Waals surface area contributed by atoms with Gasteiger partial charge in [0.25, 0.3) is 0 Å². The molecule has 1 amide bonds. The second kappa shape index (κ2) is 11.4. The maximum Gasteiger partial charge on any atom is 0.221 e. The Morgan fingerprint density at radius 1 is 1.14 bits per heavy atom. The van der Waals surface area contributed by atoms with Gasteiger partial charge in [0.2, 0.25) is 6.41 Å². The molecular formula is C22H27N5O2. The van der Waals surface area contributed by atoms with Gasteiger partial charge in [-0.15, -0.1) is 0 Å². The summed E-state index contributed by atoms with van der Waals surface area (Å²) in [6.45, 7) is 4.76. The number of nitrogens with zero attached hydrogens (tertiary/aromatic N) is 2. The lowest BCUT2D eigenvalue weighted by Crippen LogP contribution is -2.18. The number of ether oxygens (including phenoxy) is 1. The van der Waals surface area contributed by atoms with Crippen molar-refractivity contribution >= 4 is 12.1 Å². The molecule has 152 valence electrons. The summed E-state index contributed by atoms with van der Waals surface area (Å²) in [4.78, 5) is 17.5. The number of anilines is 1. The number of aryl methyl sites for hydroxylation is 2. The third-order valence-electron chi connectivity index (χ3n) is 4.36. The molecular weight excluding hydrogens is 366 g/mol. The lowest BCUT2D eigenvalue weighted by atomic mass is 10.0. The molecule has 0 saturated carbocycles. The SMILES string of the molecule is CCc1cccc(NC)c1COc1ccc(-c2ncccn2)cc1C.NNC=O. The summed E-state index contributed by atoms with van der Waals surface area (Å²) in [6.07, 6.45) is 4.89. The van der Waals surface area contributed by atoms with Crippen LogP contribution < -0.4 is 21.3 Å². The zero-order valence-electron chi connectivity index (χ0n) is 17.0. The highest BCUT2D eigenvalue weighted by atomic mass is 16.5. The summed E-state index contributed by atoms with van der Waals surface area (Å²) < 4.78 is 6.12. The van der Waals surface area contributed by atoms with Gasteiger partial charge >= 0.3 is 0 Å². The number of hydrazine groups is 1. The summed E-state index contributed by atoms with van der Waals surface area (Å²) in [5.74, 6) is 6.02. The van der Waals surface area contributed by atoms with E-state index in [0.29, 0.717) is 13.0 Å². The topological polar surface area (TPSA) is 102 Å². The van der Waals surface area contributed by atoms with Crippen molar-refractivity contribution in [1.82, 2.24) is 15.4 Å². The van der Waals surface area contributed by atoms with Crippen LogP contribution in [-0.2, 0) is 17.8 Å². The van der Waals surface area contributed by atoms with E-state index in [4.69, 9.17) is 9.53 Å². The first-order chi connectivity index (χ1) is 14.1. The van der Waals surface area contributed by atoms with Crippen molar-refractivity contribution in [2.24, 2.45) is 5.84 Å². The molecule has 1 heterocycles. The predicted octanol–water partition coefficient (Wildman–Crippen LogP) is 3.24. The fraction of sp³-hybridized carbons (Fsp3) is 0.227. The first kappa shape index (κ1) is 21.8. The Morgan fingerprint density at radius 2 is 1.86 bits per heavy atom. The number of benzene rings is 2. The van der Waals surface area contributed by atoms with E-state index in [2.05, 4.69) is 52.3 Å². The van der Waals surface area contributed by atoms with E-state index < -0.39 is 0 Å². The average molecular weight is 393 g/mol. The number of nitrogens with one attached hydrogen (secondary N) is 2. The number of carbonyl (C=O) groups is 1. The van der Waals surface area contributed by atoms with Crippen LogP contribution in [-0.4, -0.2) is 23.4 Å². The highest BCUT2D eigenvalue weighted by Gasteiger charge is 2.09. The number of rotatable bonds is 7. The zero-order valence-corrected chi connectivity index (χ0v) is 17.0. The maximum absolute atomic E-state index is 8.94. The number of aromatic nitrogens is 2. The summed E-state index contributed by atoms with van der Waals surface area (Å²) >= 11 is 0. The minimum atomic E-state index is 0.403. The number of carbonyl (C=O) groups excluding carboxylic acids is 1.